The van der Waals surface area contributed by atoms with Crippen molar-refractivity contribution in [3.63, 3.8) is 0 Å². The number of hydrogen-bond donors (Lipinski definition) is 0. The average molecular weight is 261 g/mol. The molecule has 1 aromatic heterocycles. The number of likely N-dealkylation sites (N-methyl/N-ethyl adjacent to an activating group) is 1. The Balaban J connectivity index is 1.52. The first kappa shape index (κ1) is 12.8. The van der Waals surface area contributed by atoms with Gasteiger partial charge in [0, 0.05) is 57.7 Å². The summed E-state index contributed by atoms with van der Waals surface area (Å²) in [5.41, 5.74) is 1.04. The van der Waals surface area contributed by atoms with Crippen LogP contribution in [-0.4, -0.2) is 71.6 Å². The Bertz CT molecular complexity index is 422. The number of aromatic nitrogens is 2. The Morgan fingerprint density at radius 1 is 1.11 bits per heavy atom. The van der Waals surface area contributed by atoms with E-state index in [0.717, 1.165) is 24.6 Å². The van der Waals surface area contributed by atoms with E-state index in [1.807, 2.05) is 6.92 Å². The third kappa shape index (κ3) is 2.58. The molecule has 0 bridgehead atoms. The molecule has 0 N–H and O–H groups in total. The van der Waals surface area contributed by atoms with Gasteiger partial charge in [-0.05, 0) is 13.5 Å². The summed E-state index contributed by atoms with van der Waals surface area (Å²) < 4.78 is 0. The normalized spacial score (nSPS) is 22.5. The van der Waals surface area contributed by atoms with Crippen LogP contribution in [0.3, 0.4) is 0 Å². The average Bonchev–Trinajstić information content (AvgIpc) is 2.40. The second-order valence-corrected chi connectivity index (χ2v) is 5.49. The zero-order chi connectivity index (χ0) is 13.2. The highest BCUT2D eigenvalue weighted by atomic mass is 15.4. The molecule has 0 aromatic carbocycles. The highest BCUT2D eigenvalue weighted by Gasteiger charge is 2.34. The molecule has 3 heterocycles. The topological polar surface area (TPSA) is 35.5 Å². The Morgan fingerprint density at radius 3 is 2.42 bits per heavy atom. The smallest absolute Gasteiger partial charge is 0.150 e. The van der Waals surface area contributed by atoms with E-state index in [1.165, 1.54) is 32.7 Å². The molecule has 2 saturated heterocycles. The van der Waals surface area contributed by atoms with Crippen LogP contribution >= 0.6 is 0 Å². The molecule has 0 spiro atoms. The lowest BCUT2D eigenvalue weighted by atomic mass is 10.1. The van der Waals surface area contributed by atoms with E-state index >= 15 is 0 Å². The molecular weight excluding hydrogens is 238 g/mol. The molecule has 3 rings (SSSR count). The predicted molar refractivity (Wildman–Crippen MR) is 76.5 cm³/mol. The summed E-state index contributed by atoms with van der Waals surface area (Å²) in [6.07, 6.45) is 3.55. The summed E-state index contributed by atoms with van der Waals surface area (Å²) in [6.45, 7) is 12.5. The maximum Gasteiger partial charge on any atom is 0.150 e. The van der Waals surface area contributed by atoms with Gasteiger partial charge >= 0.3 is 0 Å². The maximum absolute atomic E-state index is 4.44. The lowest BCUT2D eigenvalue weighted by Gasteiger charge is -2.48. The van der Waals surface area contributed by atoms with Crippen molar-refractivity contribution >= 4 is 5.82 Å². The van der Waals surface area contributed by atoms with Crippen molar-refractivity contribution in [3.8, 4) is 0 Å². The van der Waals surface area contributed by atoms with Crippen LogP contribution in [0.1, 0.15) is 12.6 Å². The summed E-state index contributed by atoms with van der Waals surface area (Å²) in [5, 5.41) is 0. The number of piperazine rings is 1. The lowest BCUT2D eigenvalue weighted by molar-refractivity contribution is 0.0858. The fourth-order valence-electron chi connectivity index (χ4n) is 3.01. The minimum absolute atomic E-state index is 0.709. The van der Waals surface area contributed by atoms with Crippen molar-refractivity contribution in [2.24, 2.45) is 0 Å². The Kier molecular flexibility index (Phi) is 3.66. The minimum atomic E-state index is 0.709. The minimum Gasteiger partial charge on any atom is -0.352 e. The van der Waals surface area contributed by atoms with Crippen LogP contribution in [-0.2, 0) is 0 Å². The molecule has 0 saturated carbocycles. The van der Waals surface area contributed by atoms with E-state index in [1.54, 1.807) is 12.4 Å². The van der Waals surface area contributed by atoms with Crippen LogP contribution in [0.4, 0.5) is 5.82 Å². The van der Waals surface area contributed by atoms with Crippen molar-refractivity contribution in [1.82, 2.24) is 19.8 Å². The van der Waals surface area contributed by atoms with E-state index in [0.29, 0.717) is 6.04 Å². The van der Waals surface area contributed by atoms with Crippen LogP contribution < -0.4 is 4.90 Å². The van der Waals surface area contributed by atoms with Gasteiger partial charge in [-0.3, -0.25) is 9.88 Å². The summed E-state index contributed by atoms with van der Waals surface area (Å²) in [5.74, 6) is 1.06. The van der Waals surface area contributed by atoms with Crippen molar-refractivity contribution < 1.29 is 0 Å². The second-order valence-electron chi connectivity index (χ2n) is 5.49. The predicted octanol–water partition coefficient (Wildman–Crippen LogP) is 0.611. The molecule has 0 unspecified atom stereocenters. The monoisotopic (exact) mass is 261 g/mol. The van der Waals surface area contributed by atoms with Gasteiger partial charge in [0.05, 0.1) is 5.69 Å². The fraction of sp³-hybridized carbons (Fsp3) is 0.714. The Morgan fingerprint density at radius 2 is 1.79 bits per heavy atom. The molecule has 2 aliphatic heterocycles. The van der Waals surface area contributed by atoms with Crippen LogP contribution in [0.15, 0.2) is 12.4 Å². The number of aryl methyl sites for hydroxylation is 1. The van der Waals surface area contributed by atoms with E-state index in [-0.39, 0.29) is 0 Å². The molecule has 104 valence electrons. The molecule has 0 aliphatic carbocycles. The SMILES string of the molecule is CCN1CCN(C2CN(c3nccnc3C)C2)CC1. The second kappa shape index (κ2) is 5.43. The largest absolute Gasteiger partial charge is 0.352 e. The number of rotatable bonds is 3. The highest BCUT2D eigenvalue weighted by Crippen LogP contribution is 2.24. The summed E-state index contributed by atoms with van der Waals surface area (Å²) >= 11 is 0. The van der Waals surface area contributed by atoms with Crippen molar-refractivity contribution in [1.29, 1.82) is 0 Å². The van der Waals surface area contributed by atoms with Crippen LogP contribution in [0.5, 0.6) is 0 Å². The van der Waals surface area contributed by atoms with Crippen molar-refractivity contribution in [3.05, 3.63) is 18.1 Å². The summed E-state index contributed by atoms with van der Waals surface area (Å²) in [7, 11) is 0. The van der Waals surface area contributed by atoms with Gasteiger partial charge in [-0.1, -0.05) is 6.92 Å². The highest BCUT2D eigenvalue weighted by molar-refractivity contribution is 5.45. The van der Waals surface area contributed by atoms with Gasteiger partial charge in [-0.25, -0.2) is 4.98 Å². The van der Waals surface area contributed by atoms with Gasteiger partial charge in [-0.15, -0.1) is 0 Å². The molecule has 1 aromatic rings. The maximum atomic E-state index is 4.44. The van der Waals surface area contributed by atoms with Gasteiger partial charge in [0.25, 0.3) is 0 Å². The standard InChI is InChI=1S/C14H23N5/c1-3-17-6-8-18(9-7-17)13-10-19(11-13)14-12(2)15-4-5-16-14/h4-5,13H,3,6-11H2,1-2H3. The molecule has 0 radical (unpaired) electrons. The number of nitrogens with zero attached hydrogens (tertiary/aromatic N) is 5. The Labute approximate surface area is 115 Å². The first-order valence-electron chi connectivity index (χ1n) is 7.27. The molecule has 5 heteroatoms. The van der Waals surface area contributed by atoms with Crippen LogP contribution in [0, 0.1) is 6.92 Å². The van der Waals surface area contributed by atoms with Gasteiger partial charge in [-0.2, -0.15) is 0 Å². The van der Waals surface area contributed by atoms with Gasteiger partial charge in [0.1, 0.15) is 5.82 Å². The van der Waals surface area contributed by atoms with E-state index < -0.39 is 0 Å². The molecule has 19 heavy (non-hydrogen) atoms. The van der Waals surface area contributed by atoms with E-state index in [4.69, 9.17) is 0 Å². The fourth-order valence-corrected chi connectivity index (χ4v) is 3.01. The van der Waals surface area contributed by atoms with Gasteiger partial charge < -0.3 is 9.80 Å². The van der Waals surface area contributed by atoms with E-state index in [2.05, 4.69) is 31.6 Å². The zero-order valence-corrected chi connectivity index (χ0v) is 11.9. The third-order valence-electron chi connectivity index (χ3n) is 4.39. The van der Waals surface area contributed by atoms with Crippen LogP contribution in [0.2, 0.25) is 0 Å². The van der Waals surface area contributed by atoms with Gasteiger partial charge in [0.15, 0.2) is 0 Å². The quantitative estimate of drug-likeness (QED) is 0.797. The third-order valence-corrected chi connectivity index (χ3v) is 4.39. The number of hydrogen-bond acceptors (Lipinski definition) is 5. The Hall–Kier alpha value is -1.20. The molecule has 2 fully saturated rings. The number of anilines is 1. The first-order valence-corrected chi connectivity index (χ1v) is 7.27. The molecule has 2 aliphatic rings. The zero-order valence-electron chi connectivity index (χ0n) is 11.9. The molecule has 5 nitrogen and oxygen atoms in total. The first-order chi connectivity index (χ1) is 9.28. The summed E-state index contributed by atoms with van der Waals surface area (Å²) in [4.78, 5) is 16.3. The summed E-state index contributed by atoms with van der Waals surface area (Å²) in [6, 6.07) is 0.709. The van der Waals surface area contributed by atoms with Crippen molar-refractivity contribution in [2.75, 3.05) is 50.7 Å². The molecule has 0 amide bonds. The van der Waals surface area contributed by atoms with Gasteiger partial charge in [0.2, 0.25) is 0 Å². The van der Waals surface area contributed by atoms with Crippen molar-refractivity contribution in [2.45, 2.75) is 19.9 Å². The molecular formula is C14H23N5. The van der Waals surface area contributed by atoms with Crippen LogP contribution in [0.25, 0.3) is 0 Å². The lowest BCUT2D eigenvalue weighted by Crippen LogP contribution is -2.63. The van der Waals surface area contributed by atoms with E-state index in [9.17, 15) is 0 Å². The molecule has 0 atom stereocenters.